The first-order valence-corrected chi connectivity index (χ1v) is 10.0. The summed E-state index contributed by atoms with van der Waals surface area (Å²) in [6.07, 6.45) is 1.68. The van der Waals surface area contributed by atoms with Gasteiger partial charge < -0.3 is 14.8 Å². The molecule has 1 saturated heterocycles. The van der Waals surface area contributed by atoms with E-state index in [4.69, 9.17) is 9.47 Å². The average Bonchev–Trinajstić information content (AvgIpc) is 3.30. The Hall–Kier alpha value is -3.23. The highest BCUT2D eigenvalue weighted by Gasteiger charge is 2.32. The van der Waals surface area contributed by atoms with Gasteiger partial charge in [-0.1, -0.05) is 0 Å². The van der Waals surface area contributed by atoms with Crippen molar-refractivity contribution in [2.75, 3.05) is 33.3 Å². The first-order chi connectivity index (χ1) is 14.6. The van der Waals surface area contributed by atoms with Crippen molar-refractivity contribution in [3.05, 3.63) is 52.5 Å². The van der Waals surface area contributed by atoms with Crippen molar-refractivity contribution in [2.24, 2.45) is 0 Å². The normalized spacial score (nSPS) is 18.1. The highest BCUT2D eigenvalue weighted by molar-refractivity contribution is 6.15. The number of hydrogen-bond acceptors (Lipinski definition) is 7. The van der Waals surface area contributed by atoms with Crippen LogP contribution in [0.3, 0.4) is 0 Å². The van der Waals surface area contributed by atoms with Crippen LogP contribution in [0.5, 0.6) is 11.5 Å². The van der Waals surface area contributed by atoms with Crippen molar-refractivity contribution in [2.45, 2.75) is 13.5 Å². The van der Waals surface area contributed by atoms with Crippen LogP contribution in [0.2, 0.25) is 0 Å². The number of hydrogen-bond donors (Lipinski definition) is 2. The fourth-order valence-electron chi connectivity index (χ4n) is 3.98. The van der Waals surface area contributed by atoms with Gasteiger partial charge in [0.15, 0.2) is 11.4 Å². The van der Waals surface area contributed by atoms with Crippen molar-refractivity contribution < 1.29 is 14.3 Å². The maximum absolute atomic E-state index is 13.0. The zero-order chi connectivity index (χ0) is 20.7. The first kappa shape index (κ1) is 18.8. The van der Waals surface area contributed by atoms with Crippen LogP contribution < -0.4 is 14.8 Å². The van der Waals surface area contributed by atoms with E-state index in [1.807, 2.05) is 25.1 Å². The van der Waals surface area contributed by atoms with Crippen LogP contribution in [-0.2, 0) is 6.54 Å². The van der Waals surface area contributed by atoms with E-state index in [9.17, 15) is 4.79 Å². The number of carbonyl (C=O) groups is 1. The van der Waals surface area contributed by atoms with Crippen LogP contribution >= 0.6 is 0 Å². The van der Waals surface area contributed by atoms with Gasteiger partial charge in [0.05, 0.1) is 23.9 Å². The minimum Gasteiger partial charge on any atom is -0.496 e. The lowest BCUT2D eigenvalue weighted by atomic mass is 10.0. The predicted octanol–water partition coefficient (Wildman–Crippen LogP) is 2.30. The molecule has 4 heterocycles. The molecule has 0 amide bonds. The Kier molecular flexibility index (Phi) is 4.72. The van der Waals surface area contributed by atoms with E-state index < -0.39 is 0 Å². The molecule has 0 radical (unpaired) electrons. The van der Waals surface area contributed by atoms with Gasteiger partial charge in [-0.25, -0.2) is 4.98 Å². The summed E-state index contributed by atoms with van der Waals surface area (Å²) >= 11 is 0. The Balaban J connectivity index is 1.51. The average molecular weight is 405 g/mol. The third kappa shape index (κ3) is 3.24. The van der Waals surface area contributed by atoms with Crippen LogP contribution in [0.1, 0.15) is 27.3 Å². The first-order valence-electron chi connectivity index (χ1n) is 10.0. The standard InChI is InChI=1S/C22H23N5O3/c1-13-3-4-14-17(25-26-22(14)24-13)11-19-20(28)15-5-6-18(29-2)16(21(15)30-19)12-27-9-7-23-8-10-27/h3-6,11,23H,7-10,12H2,1-2H3,(H,24,25,26). The molecule has 0 unspecified atom stereocenters. The van der Waals surface area contributed by atoms with Crippen LogP contribution in [0.25, 0.3) is 17.1 Å². The van der Waals surface area contributed by atoms with Gasteiger partial charge in [0, 0.05) is 49.9 Å². The second kappa shape index (κ2) is 7.55. The zero-order valence-electron chi connectivity index (χ0n) is 17.0. The van der Waals surface area contributed by atoms with E-state index in [2.05, 4.69) is 25.4 Å². The molecule has 3 aromatic rings. The number of benzene rings is 1. The van der Waals surface area contributed by atoms with Gasteiger partial charge in [0.25, 0.3) is 0 Å². The van der Waals surface area contributed by atoms with Crippen molar-refractivity contribution in [3.8, 4) is 11.5 Å². The lowest BCUT2D eigenvalue weighted by Crippen LogP contribution is -2.43. The highest BCUT2D eigenvalue weighted by Crippen LogP contribution is 2.40. The summed E-state index contributed by atoms with van der Waals surface area (Å²) < 4.78 is 11.7. The Morgan fingerprint density at radius 1 is 1.23 bits per heavy atom. The molecule has 1 fully saturated rings. The largest absolute Gasteiger partial charge is 0.496 e. The van der Waals surface area contributed by atoms with Crippen molar-refractivity contribution in [1.82, 2.24) is 25.4 Å². The number of aromatic nitrogens is 3. The van der Waals surface area contributed by atoms with Gasteiger partial charge in [-0.15, -0.1) is 0 Å². The van der Waals surface area contributed by atoms with E-state index >= 15 is 0 Å². The molecule has 0 atom stereocenters. The molecule has 0 bridgehead atoms. The number of aromatic amines is 1. The summed E-state index contributed by atoms with van der Waals surface area (Å²) in [5.41, 5.74) is 3.67. The highest BCUT2D eigenvalue weighted by atomic mass is 16.5. The summed E-state index contributed by atoms with van der Waals surface area (Å²) in [4.78, 5) is 19.8. The molecule has 0 saturated carbocycles. The summed E-state index contributed by atoms with van der Waals surface area (Å²) in [6.45, 7) is 6.36. The zero-order valence-corrected chi connectivity index (χ0v) is 17.0. The maximum atomic E-state index is 13.0. The quantitative estimate of drug-likeness (QED) is 0.644. The number of ether oxygens (including phenoxy) is 2. The molecule has 1 aromatic carbocycles. The molecule has 0 aliphatic carbocycles. The third-order valence-corrected chi connectivity index (χ3v) is 5.57. The molecule has 2 aliphatic heterocycles. The molecule has 2 aliphatic rings. The summed E-state index contributed by atoms with van der Waals surface area (Å²) in [5, 5.41) is 11.4. The van der Waals surface area contributed by atoms with E-state index in [-0.39, 0.29) is 11.5 Å². The Morgan fingerprint density at radius 3 is 2.87 bits per heavy atom. The number of rotatable bonds is 4. The van der Waals surface area contributed by atoms with Gasteiger partial charge in [-0.05, 0) is 31.2 Å². The topological polar surface area (TPSA) is 92.4 Å². The molecule has 154 valence electrons. The minimum atomic E-state index is -0.148. The van der Waals surface area contributed by atoms with E-state index in [0.29, 0.717) is 29.2 Å². The van der Waals surface area contributed by atoms with E-state index in [1.54, 1.807) is 19.3 Å². The summed E-state index contributed by atoms with van der Waals surface area (Å²) in [5.74, 6) is 1.42. The number of pyridine rings is 1. The molecule has 5 rings (SSSR count). The van der Waals surface area contributed by atoms with Crippen LogP contribution in [0, 0.1) is 6.92 Å². The molecule has 30 heavy (non-hydrogen) atoms. The SMILES string of the molecule is COc1ccc2c(c1CN1CCNCC1)OC(=Cc1n[nH]c3nc(C)ccc13)C2=O. The summed E-state index contributed by atoms with van der Waals surface area (Å²) in [7, 11) is 1.64. The monoisotopic (exact) mass is 405 g/mol. The molecular weight excluding hydrogens is 382 g/mol. The van der Waals surface area contributed by atoms with Crippen molar-refractivity contribution in [3.63, 3.8) is 0 Å². The Morgan fingerprint density at radius 2 is 2.07 bits per heavy atom. The number of Topliss-reactive ketones (excluding diaryl/α,β-unsaturated/α-hetero) is 1. The number of methoxy groups -OCH3 is 1. The number of nitrogens with zero attached hydrogens (tertiary/aromatic N) is 3. The number of nitrogens with one attached hydrogen (secondary N) is 2. The maximum Gasteiger partial charge on any atom is 0.232 e. The number of ketones is 1. The van der Waals surface area contributed by atoms with Gasteiger partial charge in [-0.3, -0.25) is 14.8 Å². The van der Waals surface area contributed by atoms with Crippen LogP contribution in [0.4, 0.5) is 0 Å². The molecule has 0 spiro atoms. The molecule has 8 nitrogen and oxygen atoms in total. The smallest absolute Gasteiger partial charge is 0.232 e. The van der Waals surface area contributed by atoms with Gasteiger partial charge in [-0.2, -0.15) is 5.10 Å². The van der Waals surface area contributed by atoms with Gasteiger partial charge >= 0.3 is 0 Å². The molecular formula is C22H23N5O3. The fourth-order valence-corrected chi connectivity index (χ4v) is 3.98. The summed E-state index contributed by atoms with van der Waals surface area (Å²) in [6, 6.07) is 7.48. The Bertz CT molecular complexity index is 1160. The number of allylic oxidation sites excluding steroid dienone is 1. The Labute approximate surface area is 173 Å². The van der Waals surface area contributed by atoms with Crippen LogP contribution in [-0.4, -0.2) is 59.2 Å². The van der Waals surface area contributed by atoms with Gasteiger partial charge in [0.2, 0.25) is 5.78 Å². The number of fused-ring (bicyclic) bond motifs is 2. The fraction of sp³-hybridized carbons (Fsp3) is 0.318. The lowest BCUT2D eigenvalue weighted by molar-refractivity contribution is 0.101. The number of aryl methyl sites for hydroxylation is 1. The third-order valence-electron chi connectivity index (χ3n) is 5.57. The second-order valence-electron chi connectivity index (χ2n) is 7.55. The predicted molar refractivity (Wildman–Crippen MR) is 113 cm³/mol. The van der Waals surface area contributed by atoms with Gasteiger partial charge in [0.1, 0.15) is 11.5 Å². The van der Waals surface area contributed by atoms with Crippen LogP contribution in [0.15, 0.2) is 30.0 Å². The molecule has 8 heteroatoms. The second-order valence-corrected chi connectivity index (χ2v) is 7.55. The van der Waals surface area contributed by atoms with E-state index in [0.717, 1.165) is 48.6 Å². The number of H-pyrrole nitrogens is 1. The minimum absolute atomic E-state index is 0.148. The van der Waals surface area contributed by atoms with Crippen molar-refractivity contribution >= 4 is 22.9 Å². The lowest BCUT2D eigenvalue weighted by Gasteiger charge is -2.28. The number of carbonyl (C=O) groups excluding carboxylic acids is 1. The van der Waals surface area contributed by atoms with E-state index in [1.165, 1.54) is 0 Å². The molecule has 2 N–H and O–H groups in total. The number of piperazine rings is 1. The van der Waals surface area contributed by atoms with Crippen molar-refractivity contribution in [1.29, 1.82) is 0 Å². The molecule has 2 aromatic heterocycles.